The first-order valence-corrected chi connectivity index (χ1v) is 11.2. The highest BCUT2D eigenvalue weighted by Gasteiger charge is 2.22. The number of rotatable bonds is 6. The van der Waals surface area contributed by atoms with E-state index in [2.05, 4.69) is 15.6 Å². The number of nitrogens with zero attached hydrogens (tertiary/aromatic N) is 1. The predicted molar refractivity (Wildman–Crippen MR) is 136 cm³/mol. The molecule has 1 unspecified atom stereocenters. The molecule has 0 saturated carbocycles. The van der Waals surface area contributed by atoms with Crippen molar-refractivity contribution in [3.8, 4) is 11.3 Å². The highest BCUT2D eigenvalue weighted by Crippen LogP contribution is 2.30. The number of ether oxygens (including phenoxy) is 1. The van der Waals surface area contributed by atoms with Gasteiger partial charge >= 0.3 is 5.97 Å². The maximum absolute atomic E-state index is 13.1. The number of esters is 1. The Morgan fingerprint density at radius 1 is 0.886 bits per heavy atom. The standard InChI is InChI=1S/C27H22ClN3O4/c1-16(26(33)30-19-13-11-18(12-14-19)29-17(2)32)35-27(34)22-15-25(21-8-3-5-9-23(21)28)31-24-10-6-4-7-20(22)24/h3-16H,1-2H3,(H,29,32)(H,30,33). The van der Waals surface area contributed by atoms with Gasteiger partial charge in [-0.05, 0) is 49.4 Å². The third kappa shape index (κ3) is 5.65. The highest BCUT2D eigenvalue weighted by atomic mass is 35.5. The minimum absolute atomic E-state index is 0.191. The molecule has 3 aromatic carbocycles. The quantitative estimate of drug-likeness (QED) is 0.340. The van der Waals surface area contributed by atoms with Gasteiger partial charge < -0.3 is 15.4 Å². The van der Waals surface area contributed by atoms with E-state index in [1.807, 2.05) is 24.3 Å². The Hall–Kier alpha value is -4.23. The van der Waals surface area contributed by atoms with Gasteiger partial charge in [0.1, 0.15) is 0 Å². The number of nitrogens with one attached hydrogen (secondary N) is 2. The summed E-state index contributed by atoms with van der Waals surface area (Å²) in [4.78, 5) is 41.6. The SMILES string of the molecule is CC(=O)Nc1ccc(NC(=O)C(C)OC(=O)c2cc(-c3ccccc3Cl)nc3ccccc23)cc1. The number of carbonyl (C=O) groups is 3. The Kier molecular flexibility index (Phi) is 7.08. The molecule has 0 spiro atoms. The minimum Gasteiger partial charge on any atom is -0.449 e. The molecule has 1 atom stereocenters. The number of fused-ring (bicyclic) bond motifs is 1. The van der Waals surface area contributed by atoms with Crippen LogP contribution in [0, 0.1) is 0 Å². The van der Waals surface area contributed by atoms with Gasteiger partial charge in [0.15, 0.2) is 6.10 Å². The third-order valence-electron chi connectivity index (χ3n) is 5.21. The lowest BCUT2D eigenvalue weighted by atomic mass is 10.0. The van der Waals surface area contributed by atoms with E-state index in [0.29, 0.717) is 38.6 Å². The van der Waals surface area contributed by atoms with Gasteiger partial charge in [-0.1, -0.05) is 48.0 Å². The van der Waals surface area contributed by atoms with Crippen molar-refractivity contribution in [2.75, 3.05) is 10.6 Å². The molecule has 0 aliphatic carbocycles. The fourth-order valence-corrected chi connectivity index (χ4v) is 3.75. The molecule has 35 heavy (non-hydrogen) atoms. The number of anilines is 2. The van der Waals surface area contributed by atoms with E-state index in [4.69, 9.17) is 16.3 Å². The van der Waals surface area contributed by atoms with Crippen molar-refractivity contribution in [1.82, 2.24) is 4.98 Å². The van der Waals surface area contributed by atoms with Gasteiger partial charge in [-0.3, -0.25) is 9.59 Å². The zero-order valence-corrected chi connectivity index (χ0v) is 19.8. The van der Waals surface area contributed by atoms with Gasteiger partial charge in [0.05, 0.1) is 16.8 Å². The molecule has 8 heteroatoms. The zero-order valence-electron chi connectivity index (χ0n) is 19.0. The summed E-state index contributed by atoms with van der Waals surface area (Å²) in [5.41, 5.74) is 3.20. The van der Waals surface area contributed by atoms with Crippen LogP contribution < -0.4 is 10.6 Å². The summed E-state index contributed by atoms with van der Waals surface area (Å²) in [6, 6.07) is 22.7. The van der Waals surface area contributed by atoms with Crippen molar-refractivity contribution in [3.05, 3.63) is 89.4 Å². The second-order valence-electron chi connectivity index (χ2n) is 7.85. The molecule has 2 amide bonds. The number of amides is 2. The summed E-state index contributed by atoms with van der Waals surface area (Å²) < 4.78 is 5.51. The molecule has 1 aromatic heterocycles. The van der Waals surface area contributed by atoms with Crippen LogP contribution in [0.4, 0.5) is 11.4 Å². The average molecular weight is 488 g/mol. The maximum atomic E-state index is 13.1. The van der Waals surface area contributed by atoms with E-state index in [0.717, 1.165) is 0 Å². The molecule has 0 fully saturated rings. The van der Waals surface area contributed by atoms with Crippen LogP contribution in [0.1, 0.15) is 24.2 Å². The Bertz CT molecular complexity index is 1420. The molecule has 4 aromatic rings. The summed E-state index contributed by atoms with van der Waals surface area (Å²) in [5, 5.41) is 6.47. The van der Waals surface area contributed by atoms with Crippen molar-refractivity contribution in [2.45, 2.75) is 20.0 Å². The monoisotopic (exact) mass is 487 g/mol. The van der Waals surface area contributed by atoms with Crippen molar-refractivity contribution in [3.63, 3.8) is 0 Å². The second kappa shape index (κ2) is 10.4. The smallest absolute Gasteiger partial charge is 0.339 e. The van der Waals surface area contributed by atoms with Crippen molar-refractivity contribution >= 4 is 51.7 Å². The number of hydrogen-bond acceptors (Lipinski definition) is 5. The Morgan fingerprint density at radius 2 is 1.51 bits per heavy atom. The fraction of sp³-hybridized carbons (Fsp3) is 0.111. The first-order chi connectivity index (χ1) is 16.8. The van der Waals surface area contributed by atoms with Crippen molar-refractivity contribution in [2.24, 2.45) is 0 Å². The Balaban J connectivity index is 1.54. The molecule has 0 radical (unpaired) electrons. The molecule has 7 nitrogen and oxygen atoms in total. The normalized spacial score (nSPS) is 11.5. The molecule has 0 bridgehead atoms. The van der Waals surface area contributed by atoms with E-state index >= 15 is 0 Å². The molecule has 2 N–H and O–H groups in total. The second-order valence-corrected chi connectivity index (χ2v) is 8.25. The number of benzene rings is 3. The van der Waals surface area contributed by atoms with Crippen molar-refractivity contribution < 1.29 is 19.1 Å². The summed E-state index contributed by atoms with van der Waals surface area (Å²) in [6.45, 7) is 2.91. The number of pyridine rings is 1. The molecule has 4 rings (SSSR count). The van der Waals surface area contributed by atoms with Crippen molar-refractivity contribution in [1.29, 1.82) is 0 Å². The highest BCUT2D eigenvalue weighted by molar-refractivity contribution is 6.33. The lowest BCUT2D eigenvalue weighted by Crippen LogP contribution is -2.30. The molecule has 176 valence electrons. The number of carbonyl (C=O) groups excluding carboxylic acids is 3. The van der Waals surface area contributed by atoms with Crippen LogP contribution in [0.2, 0.25) is 5.02 Å². The van der Waals surface area contributed by atoms with E-state index in [1.54, 1.807) is 54.6 Å². The average Bonchev–Trinajstić information content (AvgIpc) is 2.84. The van der Waals surface area contributed by atoms with Crippen LogP contribution in [-0.4, -0.2) is 28.9 Å². The van der Waals surface area contributed by atoms with E-state index in [-0.39, 0.29) is 11.5 Å². The Morgan fingerprint density at radius 3 is 2.20 bits per heavy atom. The molecular formula is C27H22ClN3O4. The third-order valence-corrected chi connectivity index (χ3v) is 5.54. The van der Waals surface area contributed by atoms with Crippen LogP contribution >= 0.6 is 11.6 Å². The fourth-order valence-electron chi connectivity index (χ4n) is 3.51. The molecular weight excluding hydrogens is 466 g/mol. The van der Waals surface area contributed by atoms with Gasteiger partial charge in [-0.25, -0.2) is 9.78 Å². The van der Waals surface area contributed by atoms with Crippen LogP contribution in [0.15, 0.2) is 78.9 Å². The number of aromatic nitrogens is 1. The largest absolute Gasteiger partial charge is 0.449 e. The first kappa shape index (κ1) is 23.9. The molecule has 1 heterocycles. The van der Waals surface area contributed by atoms with Gasteiger partial charge in [-0.2, -0.15) is 0 Å². The molecule has 0 saturated heterocycles. The van der Waals surface area contributed by atoms with E-state index < -0.39 is 18.0 Å². The van der Waals surface area contributed by atoms with Crippen LogP contribution in [0.3, 0.4) is 0 Å². The van der Waals surface area contributed by atoms with E-state index in [9.17, 15) is 14.4 Å². The molecule has 0 aliphatic rings. The predicted octanol–water partition coefficient (Wildman–Crippen LogP) is 5.70. The summed E-state index contributed by atoms with van der Waals surface area (Å²) in [5.74, 6) is -1.33. The minimum atomic E-state index is -1.06. The lowest BCUT2D eigenvalue weighted by molar-refractivity contribution is -0.123. The van der Waals surface area contributed by atoms with Crippen LogP contribution in [0.5, 0.6) is 0 Å². The van der Waals surface area contributed by atoms with Gasteiger partial charge in [0.2, 0.25) is 5.91 Å². The topological polar surface area (TPSA) is 97.4 Å². The Labute approximate surface area is 207 Å². The lowest BCUT2D eigenvalue weighted by Gasteiger charge is -2.15. The van der Waals surface area contributed by atoms with Gasteiger partial charge in [-0.15, -0.1) is 0 Å². The van der Waals surface area contributed by atoms with Crippen LogP contribution in [0.25, 0.3) is 22.2 Å². The first-order valence-electron chi connectivity index (χ1n) is 10.9. The van der Waals surface area contributed by atoms with Gasteiger partial charge in [0.25, 0.3) is 5.91 Å². The zero-order chi connectivity index (χ0) is 24.9. The van der Waals surface area contributed by atoms with E-state index in [1.165, 1.54) is 13.8 Å². The molecule has 0 aliphatic heterocycles. The maximum Gasteiger partial charge on any atom is 0.339 e. The van der Waals surface area contributed by atoms with Crippen LogP contribution in [-0.2, 0) is 14.3 Å². The summed E-state index contributed by atoms with van der Waals surface area (Å²) in [6.07, 6.45) is -1.06. The summed E-state index contributed by atoms with van der Waals surface area (Å²) in [7, 11) is 0. The number of halogens is 1. The van der Waals surface area contributed by atoms with Gasteiger partial charge in [0, 0.05) is 34.3 Å². The number of hydrogen-bond donors (Lipinski definition) is 2. The number of para-hydroxylation sites is 1. The summed E-state index contributed by atoms with van der Waals surface area (Å²) >= 11 is 6.35.